The summed E-state index contributed by atoms with van der Waals surface area (Å²) in [7, 11) is 3.82. The van der Waals surface area contributed by atoms with Crippen LogP contribution in [0.4, 0.5) is 9.59 Å². The Hall–Kier alpha value is -6.20. The van der Waals surface area contributed by atoms with Crippen LogP contribution in [-0.4, -0.2) is 129 Å². The van der Waals surface area contributed by atoms with Crippen molar-refractivity contribution in [3.05, 3.63) is 47.5 Å². The minimum Gasteiger partial charge on any atom is -0.471 e. The molecule has 0 aliphatic carbocycles. The van der Waals surface area contributed by atoms with E-state index < -0.39 is 72.4 Å². The molecule has 322 valence electrons. The van der Waals surface area contributed by atoms with E-state index in [4.69, 9.17) is 24.4 Å². The third kappa shape index (κ3) is 11.5. The van der Waals surface area contributed by atoms with Gasteiger partial charge < -0.3 is 48.9 Å². The number of benzene rings is 2. The summed E-state index contributed by atoms with van der Waals surface area (Å²) in [6, 6.07) is 7.76. The molecule has 18 heteroatoms. The standard InChI is InChI=1S/C41H55N5O13/c1-11-41(7,46(12-2)37(50)33(24(5)6)44-40(53)55-10)38(51)57-21-30(48)28-18-17-27(34-35(28)59-22-58-34)25-13-15-26(16-14-25)29(47)20-56-31(42)19-45(8)36(49)32(23(3)4)43-39(52)54-9/h13-18,23-24,32-33,42H,11-12,19-22H2,1-10H3,(H,43,52)(H,44,53). The van der Waals surface area contributed by atoms with Crippen LogP contribution in [0.1, 0.15) is 75.6 Å². The Morgan fingerprint density at radius 2 is 1.32 bits per heavy atom. The first-order valence-electron chi connectivity index (χ1n) is 19.1. The maximum absolute atomic E-state index is 13.6. The second-order valence-corrected chi connectivity index (χ2v) is 14.6. The molecule has 2 aromatic carbocycles. The van der Waals surface area contributed by atoms with Gasteiger partial charge in [0.2, 0.25) is 30.3 Å². The highest BCUT2D eigenvalue weighted by Gasteiger charge is 2.44. The molecule has 18 nitrogen and oxygen atoms in total. The average molecular weight is 826 g/mol. The minimum atomic E-state index is -1.47. The molecule has 0 aromatic heterocycles. The number of carbonyl (C=O) groups is 7. The first-order chi connectivity index (χ1) is 27.8. The zero-order valence-corrected chi connectivity index (χ0v) is 35.2. The van der Waals surface area contributed by atoms with E-state index >= 15 is 0 Å². The first kappa shape index (κ1) is 47.2. The Balaban J connectivity index is 1.67. The van der Waals surface area contributed by atoms with Crippen LogP contribution in [0.15, 0.2) is 36.4 Å². The second-order valence-electron chi connectivity index (χ2n) is 14.6. The Kier molecular flexibility index (Phi) is 16.8. The van der Waals surface area contributed by atoms with E-state index in [-0.39, 0.29) is 66.7 Å². The number of amides is 4. The van der Waals surface area contributed by atoms with Crippen molar-refractivity contribution >= 4 is 47.4 Å². The summed E-state index contributed by atoms with van der Waals surface area (Å²) in [6.07, 6.45) is -1.40. The van der Waals surface area contributed by atoms with Gasteiger partial charge in [-0.05, 0) is 49.8 Å². The largest absolute Gasteiger partial charge is 0.471 e. The SMILES string of the molecule is CCN(C(=O)C(NC(=O)OC)C(C)C)C(C)(CC)C(=O)OCC(=O)c1ccc(-c2ccc(C(=O)COC(=N)CN(C)C(=O)C(NC(=O)OC)C(C)C)cc2)c2c1OCO2. The number of likely N-dealkylation sites (N-methyl/N-ethyl adjacent to an activating group) is 2. The van der Waals surface area contributed by atoms with Gasteiger partial charge in [0.1, 0.15) is 17.6 Å². The summed E-state index contributed by atoms with van der Waals surface area (Å²) < 4.78 is 31.5. The molecule has 1 aliphatic rings. The van der Waals surface area contributed by atoms with Crippen LogP contribution in [0.3, 0.4) is 0 Å². The highest BCUT2D eigenvalue weighted by molar-refractivity contribution is 6.03. The van der Waals surface area contributed by atoms with Gasteiger partial charge >= 0.3 is 18.2 Å². The van der Waals surface area contributed by atoms with E-state index in [1.807, 2.05) is 0 Å². The van der Waals surface area contributed by atoms with Gasteiger partial charge in [-0.15, -0.1) is 0 Å². The summed E-state index contributed by atoms with van der Waals surface area (Å²) in [5.41, 5.74) is 0.123. The van der Waals surface area contributed by atoms with Gasteiger partial charge in [0.05, 0.1) is 26.3 Å². The van der Waals surface area contributed by atoms with Crippen molar-refractivity contribution < 1.29 is 62.0 Å². The van der Waals surface area contributed by atoms with Crippen LogP contribution in [0.5, 0.6) is 11.5 Å². The molecule has 3 atom stereocenters. The van der Waals surface area contributed by atoms with Crippen molar-refractivity contribution in [2.45, 2.75) is 72.5 Å². The quantitative estimate of drug-likeness (QED) is 0.0593. The van der Waals surface area contributed by atoms with E-state index in [1.165, 1.54) is 37.1 Å². The van der Waals surface area contributed by atoms with Gasteiger partial charge in [0.15, 0.2) is 30.5 Å². The van der Waals surface area contributed by atoms with E-state index in [2.05, 4.69) is 20.1 Å². The van der Waals surface area contributed by atoms with Crippen LogP contribution in [-0.2, 0) is 33.3 Å². The highest BCUT2D eigenvalue weighted by atomic mass is 16.7. The Labute approximate surface area is 343 Å². The van der Waals surface area contributed by atoms with E-state index in [1.54, 1.807) is 78.8 Å². The fourth-order valence-corrected chi connectivity index (χ4v) is 6.22. The summed E-state index contributed by atoms with van der Waals surface area (Å²) >= 11 is 0. The number of carbonyl (C=O) groups excluding carboxylic acids is 7. The van der Waals surface area contributed by atoms with Crippen LogP contribution in [0.2, 0.25) is 0 Å². The number of fused-ring (bicyclic) bond motifs is 1. The van der Waals surface area contributed by atoms with Gasteiger partial charge in [0.25, 0.3) is 0 Å². The Bertz CT molecular complexity index is 1900. The maximum Gasteiger partial charge on any atom is 0.407 e. The molecule has 3 rings (SSSR count). The number of ketones is 2. The molecule has 0 radical (unpaired) electrons. The number of Topliss-reactive ketones (excluding diaryl/α,β-unsaturated/α-hetero) is 2. The lowest BCUT2D eigenvalue weighted by molar-refractivity contribution is -0.163. The number of alkyl carbamates (subject to hydrolysis) is 2. The predicted octanol–water partition coefficient (Wildman–Crippen LogP) is 4.22. The first-order valence-corrected chi connectivity index (χ1v) is 19.1. The minimum absolute atomic E-state index is 0.107. The van der Waals surface area contributed by atoms with Crippen molar-refractivity contribution in [3.8, 4) is 22.6 Å². The summed E-state index contributed by atoms with van der Waals surface area (Å²) in [5.74, 6) is -3.26. The molecule has 3 N–H and O–H groups in total. The van der Waals surface area contributed by atoms with Crippen molar-refractivity contribution in [1.82, 2.24) is 20.4 Å². The number of nitrogens with zero attached hydrogens (tertiary/aromatic N) is 2. The number of hydrogen-bond donors (Lipinski definition) is 3. The summed E-state index contributed by atoms with van der Waals surface area (Å²) in [6.45, 7) is 10.5. The second kappa shape index (κ2) is 21.0. The molecule has 0 saturated heterocycles. The molecule has 59 heavy (non-hydrogen) atoms. The predicted molar refractivity (Wildman–Crippen MR) is 213 cm³/mol. The van der Waals surface area contributed by atoms with Crippen LogP contribution in [0.25, 0.3) is 11.1 Å². The molecule has 3 unspecified atom stereocenters. The molecule has 0 fully saturated rings. The van der Waals surface area contributed by atoms with Crippen molar-refractivity contribution in [2.75, 3.05) is 54.4 Å². The van der Waals surface area contributed by atoms with E-state index in [9.17, 15) is 33.6 Å². The van der Waals surface area contributed by atoms with Gasteiger partial charge in [-0.25, -0.2) is 14.4 Å². The van der Waals surface area contributed by atoms with Gasteiger partial charge in [-0.1, -0.05) is 58.9 Å². The molecular formula is C41H55N5O13. The molecule has 2 aromatic rings. The molecule has 4 amide bonds. The van der Waals surface area contributed by atoms with Gasteiger partial charge in [-0.2, -0.15) is 0 Å². The van der Waals surface area contributed by atoms with Crippen LogP contribution in [0, 0.1) is 17.2 Å². The highest BCUT2D eigenvalue weighted by Crippen LogP contribution is 2.44. The van der Waals surface area contributed by atoms with Crippen molar-refractivity contribution in [1.29, 1.82) is 5.41 Å². The fourth-order valence-electron chi connectivity index (χ4n) is 6.22. The molecule has 0 saturated carbocycles. The number of esters is 1. The number of nitrogens with one attached hydrogen (secondary N) is 3. The van der Waals surface area contributed by atoms with Crippen molar-refractivity contribution in [2.24, 2.45) is 11.8 Å². The van der Waals surface area contributed by atoms with E-state index in [0.29, 0.717) is 11.1 Å². The van der Waals surface area contributed by atoms with Gasteiger partial charge in [0, 0.05) is 24.7 Å². The normalized spacial score (nSPS) is 13.6. The monoisotopic (exact) mass is 825 g/mol. The maximum atomic E-state index is 13.6. The van der Waals surface area contributed by atoms with Crippen LogP contribution >= 0.6 is 0 Å². The summed E-state index contributed by atoms with van der Waals surface area (Å²) in [4.78, 5) is 92.7. The zero-order valence-electron chi connectivity index (χ0n) is 35.2. The van der Waals surface area contributed by atoms with Crippen LogP contribution < -0.4 is 20.1 Å². The third-order valence-corrected chi connectivity index (χ3v) is 9.89. The smallest absolute Gasteiger partial charge is 0.407 e. The zero-order chi connectivity index (χ0) is 44.2. The Morgan fingerprint density at radius 1 is 0.780 bits per heavy atom. The molecule has 0 bridgehead atoms. The molecule has 1 aliphatic heterocycles. The van der Waals surface area contributed by atoms with E-state index in [0.717, 1.165) is 0 Å². The van der Waals surface area contributed by atoms with Gasteiger partial charge in [-0.3, -0.25) is 24.6 Å². The fraction of sp³-hybridized carbons (Fsp3) is 0.512. The van der Waals surface area contributed by atoms with Crippen molar-refractivity contribution in [3.63, 3.8) is 0 Å². The lowest BCUT2D eigenvalue weighted by Gasteiger charge is -2.40. The summed E-state index contributed by atoms with van der Waals surface area (Å²) in [5, 5.41) is 13.2. The average Bonchev–Trinajstić information content (AvgIpc) is 3.72. The molecular weight excluding hydrogens is 770 g/mol. The lowest BCUT2D eigenvalue weighted by atomic mass is 9.93. The Morgan fingerprint density at radius 3 is 1.85 bits per heavy atom. The number of methoxy groups -OCH3 is 2. The third-order valence-electron chi connectivity index (χ3n) is 9.89. The topological polar surface area (TPSA) is 229 Å². The molecule has 0 spiro atoms. The number of hydrogen-bond acceptors (Lipinski definition) is 14. The molecule has 1 heterocycles. The number of rotatable bonds is 19. The number of ether oxygens (including phenoxy) is 6. The lowest BCUT2D eigenvalue weighted by Crippen LogP contribution is -2.61.